The zero-order valence-electron chi connectivity index (χ0n) is 11.5. The fourth-order valence-electron chi connectivity index (χ4n) is 1.48. The molecule has 0 radical (unpaired) electrons. The van der Waals surface area contributed by atoms with E-state index in [0.29, 0.717) is 5.92 Å². The van der Waals surface area contributed by atoms with Crippen LogP contribution in [0.4, 0.5) is 0 Å². The van der Waals surface area contributed by atoms with E-state index in [4.69, 9.17) is 0 Å². The molecule has 0 aliphatic rings. The van der Waals surface area contributed by atoms with Gasteiger partial charge in [0, 0.05) is 6.04 Å². The zero-order chi connectivity index (χ0) is 12.6. The summed E-state index contributed by atoms with van der Waals surface area (Å²) < 4.78 is 0. The molecule has 2 unspecified atom stereocenters. The second kappa shape index (κ2) is 8.57. The Morgan fingerprint density at radius 1 is 1.06 bits per heavy atom. The molecule has 16 heavy (non-hydrogen) atoms. The number of nitrogens with one attached hydrogen (secondary N) is 2. The van der Waals surface area contributed by atoms with Gasteiger partial charge in [-0.3, -0.25) is 4.79 Å². The van der Waals surface area contributed by atoms with Gasteiger partial charge in [0.1, 0.15) is 0 Å². The van der Waals surface area contributed by atoms with E-state index in [1.807, 2.05) is 13.8 Å². The van der Waals surface area contributed by atoms with Crippen molar-refractivity contribution >= 4 is 5.91 Å². The lowest BCUT2D eigenvalue weighted by molar-refractivity contribution is -0.123. The first-order valence-electron chi connectivity index (χ1n) is 6.58. The first-order valence-corrected chi connectivity index (χ1v) is 6.58. The third-order valence-electron chi connectivity index (χ3n) is 3.26. The number of amides is 1. The minimum absolute atomic E-state index is 0.0883. The Bertz CT molecular complexity index is 190. The van der Waals surface area contributed by atoms with Gasteiger partial charge in [-0.2, -0.15) is 0 Å². The summed E-state index contributed by atoms with van der Waals surface area (Å²) in [5.41, 5.74) is 0. The molecule has 3 heteroatoms. The first kappa shape index (κ1) is 15.4. The number of carbonyl (C=O) groups is 1. The lowest BCUT2D eigenvalue weighted by atomic mass is 10.0. The molecule has 0 aliphatic heterocycles. The van der Waals surface area contributed by atoms with Crippen LogP contribution in [0.2, 0.25) is 0 Å². The topological polar surface area (TPSA) is 41.1 Å². The van der Waals surface area contributed by atoms with Crippen molar-refractivity contribution in [1.82, 2.24) is 10.6 Å². The summed E-state index contributed by atoms with van der Waals surface area (Å²) in [6, 6.07) is 0.180. The van der Waals surface area contributed by atoms with E-state index in [-0.39, 0.29) is 18.0 Å². The molecule has 0 aliphatic carbocycles. The summed E-state index contributed by atoms with van der Waals surface area (Å²) >= 11 is 0. The Balaban J connectivity index is 3.87. The SMILES string of the molecule is CCC(CC)CNC(C)C(=O)NC(C)CC. The van der Waals surface area contributed by atoms with Crippen LogP contribution in [0.15, 0.2) is 0 Å². The average Bonchev–Trinajstić information content (AvgIpc) is 2.29. The summed E-state index contributed by atoms with van der Waals surface area (Å²) in [7, 11) is 0. The van der Waals surface area contributed by atoms with Crippen LogP contribution in [0.3, 0.4) is 0 Å². The van der Waals surface area contributed by atoms with Crippen LogP contribution in [0.5, 0.6) is 0 Å². The highest BCUT2D eigenvalue weighted by Crippen LogP contribution is 2.05. The predicted octanol–water partition coefficient (Wildman–Crippen LogP) is 2.32. The summed E-state index contributed by atoms with van der Waals surface area (Å²) in [5, 5.41) is 6.29. The van der Waals surface area contributed by atoms with Crippen molar-refractivity contribution in [2.75, 3.05) is 6.54 Å². The van der Waals surface area contributed by atoms with Crippen molar-refractivity contribution in [2.24, 2.45) is 5.92 Å². The van der Waals surface area contributed by atoms with Gasteiger partial charge in [0.15, 0.2) is 0 Å². The standard InChI is InChI=1S/C13H28N2O/c1-6-10(4)15-13(16)11(5)14-9-12(7-2)8-3/h10-12,14H,6-9H2,1-5H3,(H,15,16). The van der Waals surface area contributed by atoms with Crippen LogP contribution < -0.4 is 10.6 Å². The third kappa shape index (κ3) is 6.11. The molecular formula is C13H28N2O. The zero-order valence-corrected chi connectivity index (χ0v) is 11.5. The molecule has 0 rings (SSSR count). The third-order valence-corrected chi connectivity index (χ3v) is 3.26. The van der Waals surface area contributed by atoms with Crippen LogP contribution in [-0.4, -0.2) is 24.5 Å². The van der Waals surface area contributed by atoms with Crippen molar-refractivity contribution in [2.45, 2.75) is 66.0 Å². The maximum atomic E-state index is 11.7. The van der Waals surface area contributed by atoms with Crippen molar-refractivity contribution in [3.8, 4) is 0 Å². The highest BCUT2D eigenvalue weighted by molar-refractivity contribution is 5.81. The van der Waals surface area contributed by atoms with Gasteiger partial charge in [-0.05, 0) is 32.7 Å². The molecule has 0 aromatic rings. The van der Waals surface area contributed by atoms with E-state index in [1.54, 1.807) is 0 Å². The van der Waals surface area contributed by atoms with Gasteiger partial charge in [-0.1, -0.05) is 33.6 Å². The Labute approximate surface area is 100 Å². The molecule has 2 atom stereocenters. The largest absolute Gasteiger partial charge is 0.352 e. The number of carbonyl (C=O) groups excluding carboxylic acids is 1. The van der Waals surface area contributed by atoms with E-state index in [2.05, 4.69) is 31.4 Å². The van der Waals surface area contributed by atoms with Crippen LogP contribution in [0.1, 0.15) is 53.9 Å². The minimum atomic E-state index is -0.0883. The van der Waals surface area contributed by atoms with E-state index in [9.17, 15) is 4.79 Å². The van der Waals surface area contributed by atoms with Crippen molar-refractivity contribution in [3.05, 3.63) is 0 Å². The van der Waals surface area contributed by atoms with Crippen LogP contribution in [-0.2, 0) is 4.79 Å². The normalized spacial score (nSPS) is 14.9. The number of hydrogen-bond donors (Lipinski definition) is 2. The molecule has 3 nitrogen and oxygen atoms in total. The number of hydrogen-bond acceptors (Lipinski definition) is 2. The molecule has 1 amide bonds. The second-order valence-electron chi connectivity index (χ2n) is 4.63. The smallest absolute Gasteiger partial charge is 0.237 e. The quantitative estimate of drug-likeness (QED) is 0.669. The Morgan fingerprint density at radius 2 is 1.62 bits per heavy atom. The lowest BCUT2D eigenvalue weighted by Crippen LogP contribution is -2.46. The molecule has 0 saturated heterocycles. The van der Waals surface area contributed by atoms with E-state index >= 15 is 0 Å². The fraction of sp³-hybridized carbons (Fsp3) is 0.923. The van der Waals surface area contributed by atoms with Crippen molar-refractivity contribution in [1.29, 1.82) is 0 Å². The van der Waals surface area contributed by atoms with E-state index < -0.39 is 0 Å². The minimum Gasteiger partial charge on any atom is -0.352 e. The number of rotatable bonds is 8. The van der Waals surface area contributed by atoms with Gasteiger partial charge in [0.05, 0.1) is 6.04 Å². The highest BCUT2D eigenvalue weighted by atomic mass is 16.2. The second-order valence-corrected chi connectivity index (χ2v) is 4.63. The molecule has 0 spiro atoms. The van der Waals surface area contributed by atoms with Crippen molar-refractivity contribution in [3.63, 3.8) is 0 Å². The summed E-state index contributed by atoms with van der Waals surface area (Å²) in [5.74, 6) is 0.791. The first-order chi connectivity index (χ1) is 7.54. The van der Waals surface area contributed by atoms with E-state index in [0.717, 1.165) is 13.0 Å². The van der Waals surface area contributed by atoms with Gasteiger partial charge < -0.3 is 10.6 Å². The molecule has 0 saturated carbocycles. The monoisotopic (exact) mass is 228 g/mol. The Morgan fingerprint density at radius 3 is 2.06 bits per heavy atom. The molecule has 0 fully saturated rings. The van der Waals surface area contributed by atoms with Gasteiger partial charge in [0.2, 0.25) is 5.91 Å². The lowest BCUT2D eigenvalue weighted by Gasteiger charge is -2.20. The summed E-state index contributed by atoms with van der Waals surface area (Å²) in [6.07, 6.45) is 3.32. The van der Waals surface area contributed by atoms with Crippen LogP contribution in [0, 0.1) is 5.92 Å². The van der Waals surface area contributed by atoms with Crippen molar-refractivity contribution < 1.29 is 4.79 Å². The van der Waals surface area contributed by atoms with Gasteiger partial charge in [-0.25, -0.2) is 0 Å². The summed E-state index contributed by atoms with van der Waals surface area (Å²) in [4.78, 5) is 11.7. The van der Waals surface area contributed by atoms with Gasteiger partial charge in [-0.15, -0.1) is 0 Å². The molecule has 0 bridgehead atoms. The fourth-order valence-corrected chi connectivity index (χ4v) is 1.48. The van der Waals surface area contributed by atoms with Gasteiger partial charge in [0.25, 0.3) is 0 Å². The molecule has 2 N–H and O–H groups in total. The van der Waals surface area contributed by atoms with Gasteiger partial charge >= 0.3 is 0 Å². The Kier molecular flexibility index (Phi) is 8.26. The predicted molar refractivity (Wildman–Crippen MR) is 69.4 cm³/mol. The molecule has 0 aromatic heterocycles. The maximum Gasteiger partial charge on any atom is 0.237 e. The molecule has 0 aromatic carbocycles. The maximum absolute atomic E-state index is 11.7. The van der Waals surface area contributed by atoms with E-state index in [1.165, 1.54) is 12.8 Å². The van der Waals surface area contributed by atoms with Crippen LogP contribution >= 0.6 is 0 Å². The molecule has 0 heterocycles. The highest BCUT2D eigenvalue weighted by Gasteiger charge is 2.14. The van der Waals surface area contributed by atoms with Crippen LogP contribution in [0.25, 0.3) is 0 Å². The summed E-state index contributed by atoms with van der Waals surface area (Å²) in [6.45, 7) is 11.4. The molecular weight excluding hydrogens is 200 g/mol. The average molecular weight is 228 g/mol. The Hall–Kier alpha value is -0.570. The molecule has 96 valence electrons.